The fraction of sp³-hybridized carbons (Fsp3) is 0.0556. The van der Waals surface area contributed by atoms with Crippen molar-refractivity contribution in [2.45, 2.75) is 6.92 Å². The quantitative estimate of drug-likeness (QED) is 0.409. The summed E-state index contributed by atoms with van der Waals surface area (Å²) >= 11 is 3.61. The van der Waals surface area contributed by atoms with Gasteiger partial charge in [-0.05, 0) is 47.0 Å². The largest absolute Gasteiger partial charge is 0.264 e. The molecule has 0 radical (unpaired) electrons. The molecule has 3 heterocycles. The SMILES string of the molecule is Cc1csc(-c2ccc3c(-c4cccnc4)csc3c2)c1.Cl. The fourth-order valence-corrected chi connectivity index (χ4v) is 4.42. The van der Waals surface area contributed by atoms with Gasteiger partial charge in [0, 0.05) is 38.5 Å². The summed E-state index contributed by atoms with van der Waals surface area (Å²) in [7, 11) is 0. The van der Waals surface area contributed by atoms with Crippen LogP contribution >= 0.6 is 35.1 Å². The van der Waals surface area contributed by atoms with Crippen LogP contribution in [-0.2, 0) is 0 Å². The van der Waals surface area contributed by atoms with E-state index in [-0.39, 0.29) is 12.4 Å². The summed E-state index contributed by atoms with van der Waals surface area (Å²) in [5.74, 6) is 0. The lowest BCUT2D eigenvalue weighted by Gasteiger charge is -2.01. The summed E-state index contributed by atoms with van der Waals surface area (Å²) in [5.41, 5.74) is 5.10. The van der Waals surface area contributed by atoms with Gasteiger partial charge in [-0.3, -0.25) is 4.98 Å². The number of aryl methyl sites for hydroxylation is 1. The van der Waals surface area contributed by atoms with Crippen LogP contribution in [0.5, 0.6) is 0 Å². The maximum absolute atomic E-state index is 4.22. The van der Waals surface area contributed by atoms with Crippen LogP contribution in [0.4, 0.5) is 0 Å². The first-order valence-electron chi connectivity index (χ1n) is 6.78. The summed E-state index contributed by atoms with van der Waals surface area (Å²) in [6.45, 7) is 2.14. The zero-order valence-corrected chi connectivity index (χ0v) is 14.4. The predicted molar refractivity (Wildman–Crippen MR) is 100 cm³/mol. The fourth-order valence-electron chi connectivity index (χ4n) is 2.51. The normalized spacial score (nSPS) is 10.6. The number of benzene rings is 1. The number of thiophene rings is 2. The van der Waals surface area contributed by atoms with E-state index in [4.69, 9.17) is 0 Å². The van der Waals surface area contributed by atoms with Crippen molar-refractivity contribution in [3.8, 4) is 21.6 Å². The molecule has 3 aromatic heterocycles. The summed E-state index contributed by atoms with van der Waals surface area (Å²) in [5, 5.41) is 5.74. The molecule has 110 valence electrons. The molecular weight excluding hydrogens is 330 g/mol. The molecule has 0 aliphatic heterocycles. The Bertz CT molecular complexity index is 909. The molecule has 0 unspecified atom stereocenters. The molecule has 0 N–H and O–H groups in total. The number of rotatable bonds is 2. The molecule has 0 saturated heterocycles. The second-order valence-corrected chi connectivity index (χ2v) is 6.91. The second-order valence-electron chi connectivity index (χ2n) is 5.09. The second kappa shape index (κ2) is 6.21. The molecule has 4 heteroatoms. The van der Waals surface area contributed by atoms with Gasteiger partial charge in [0.1, 0.15) is 0 Å². The van der Waals surface area contributed by atoms with Gasteiger partial charge >= 0.3 is 0 Å². The van der Waals surface area contributed by atoms with Crippen molar-refractivity contribution in [1.82, 2.24) is 4.98 Å². The minimum Gasteiger partial charge on any atom is -0.264 e. The maximum Gasteiger partial charge on any atom is 0.0355 e. The van der Waals surface area contributed by atoms with Crippen LogP contribution in [0.15, 0.2) is 59.6 Å². The van der Waals surface area contributed by atoms with Gasteiger partial charge in [-0.2, -0.15) is 0 Å². The van der Waals surface area contributed by atoms with Crippen LogP contribution in [0.3, 0.4) is 0 Å². The number of aromatic nitrogens is 1. The average Bonchev–Trinajstić information content (AvgIpc) is 3.13. The summed E-state index contributed by atoms with van der Waals surface area (Å²) < 4.78 is 1.33. The number of pyridine rings is 1. The van der Waals surface area contributed by atoms with E-state index in [1.54, 1.807) is 11.3 Å². The zero-order valence-electron chi connectivity index (χ0n) is 11.9. The molecule has 0 fully saturated rings. The highest BCUT2D eigenvalue weighted by Crippen LogP contribution is 2.37. The third-order valence-corrected chi connectivity index (χ3v) is 5.61. The Labute approximate surface area is 143 Å². The Hall–Kier alpha value is -1.68. The molecule has 4 rings (SSSR count). The number of nitrogens with zero attached hydrogens (tertiary/aromatic N) is 1. The first-order valence-corrected chi connectivity index (χ1v) is 8.54. The third-order valence-electron chi connectivity index (χ3n) is 3.56. The molecule has 22 heavy (non-hydrogen) atoms. The highest BCUT2D eigenvalue weighted by molar-refractivity contribution is 7.18. The van der Waals surface area contributed by atoms with Crippen LogP contribution in [0, 0.1) is 6.92 Å². The molecule has 0 bridgehead atoms. The smallest absolute Gasteiger partial charge is 0.0355 e. The van der Waals surface area contributed by atoms with Crippen LogP contribution in [0.1, 0.15) is 5.56 Å². The highest BCUT2D eigenvalue weighted by Gasteiger charge is 2.08. The van der Waals surface area contributed by atoms with Crippen molar-refractivity contribution >= 4 is 45.2 Å². The van der Waals surface area contributed by atoms with E-state index < -0.39 is 0 Å². The van der Waals surface area contributed by atoms with E-state index in [9.17, 15) is 0 Å². The standard InChI is InChI=1S/C18H13NS2.ClH/c1-12-7-17(20-10-12)13-4-5-15-16(11-21-18(15)8-13)14-3-2-6-19-9-14;/h2-11H,1H3;1H. The molecule has 0 saturated carbocycles. The van der Waals surface area contributed by atoms with Crippen LogP contribution in [0.2, 0.25) is 0 Å². The van der Waals surface area contributed by atoms with Crippen LogP contribution in [-0.4, -0.2) is 4.98 Å². The van der Waals surface area contributed by atoms with Gasteiger partial charge in [0.2, 0.25) is 0 Å². The van der Waals surface area contributed by atoms with Crippen LogP contribution < -0.4 is 0 Å². The highest BCUT2D eigenvalue weighted by atomic mass is 35.5. The Morgan fingerprint density at radius 3 is 2.59 bits per heavy atom. The van der Waals surface area contributed by atoms with E-state index >= 15 is 0 Å². The number of hydrogen-bond acceptors (Lipinski definition) is 3. The minimum absolute atomic E-state index is 0. The average molecular weight is 344 g/mol. The van der Waals surface area contributed by atoms with E-state index in [1.165, 1.54) is 37.2 Å². The van der Waals surface area contributed by atoms with Crippen molar-refractivity contribution in [1.29, 1.82) is 0 Å². The zero-order chi connectivity index (χ0) is 14.2. The van der Waals surface area contributed by atoms with E-state index in [2.05, 4.69) is 53.0 Å². The first-order chi connectivity index (χ1) is 10.3. The maximum atomic E-state index is 4.22. The summed E-state index contributed by atoms with van der Waals surface area (Å²) in [6.07, 6.45) is 3.74. The lowest BCUT2D eigenvalue weighted by Crippen LogP contribution is -1.77. The van der Waals surface area contributed by atoms with Gasteiger partial charge in [0.05, 0.1) is 0 Å². The Morgan fingerprint density at radius 1 is 0.955 bits per heavy atom. The van der Waals surface area contributed by atoms with Crippen molar-refractivity contribution in [3.05, 3.63) is 65.1 Å². The monoisotopic (exact) mass is 343 g/mol. The Kier molecular flexibility index (Phi) is 4.30. The molecule has 0 spiro atoms. The molecule has 0 aliphatic rings. The van der Waals surface area contributed by atoms with Crippen molar-refractivity contribution < 1.29 is 0 Å². The molecule has 0 aliphatic carbocycles. The van der Waals surface area contributed by atoms with Gasteiger partial charge in [0.25, 0.3) is 0 Å². The molecule has 0 atom stereocenters. The van der Waals surface area contributed by atoms with Crippen molar-refractivity contribution in [2.75, 3.05) is 0 Å². The van der Waals surface area contributed by atoms with Crippen molar-refractivity contribution in [2.24, 2.45) is 0 Å². The lowest BCUT2D eigenvalue weighted by atomic mass is 10.0. The topological polar surface area (TPSA) is 12.9 Å². The molecule has 4 aromatic rings. The van der Waals surface area contributed by atoms with E-state index in [0.29, 0.717) is 0 Å². The van der Waals surface area contributed by atoms with Gasteiger partial charge in [-0.15, -0.1) is 35.1 Å². The van der Waals surface area contributed by atoms with Gasteiger partial charge in [0.15, 0.2) is 0 Å². The third kappa shape index (κ3) is 2.68. The molecule has 0 amide bonds. The van der Waals surface area contributed by atoms with Crippen LogP contribution in [0.25, 0.3) is 31.7 Å². The number of hydrogen-bond donors (Lipinski definition) is 0. The van der Waals surface area contributed by atoms with E-state index in [0.717, 1.165) is 0 Å². The Morgan fingerprint density at radius 2 is 1.86 bits per heavy atom. The van der Waals surface area contributed by atoms with Gasteiger partial charge in [-0.1, -0.05) is 18.2 Å². The minimum atomic E-state index is 0. The molecule has 1 aromatic carbocycles. The predicted octanol–water partition coefficient (Wildman–Crippen LogP) is 6.42. The molecular formula is C18H14ClNS2. The summed E-state index contributed by atoms with van der Waals surface area (Å²) in [4.78, 5) is 5.56. The van der Waals surface area contributed by atoms with Crippen molar-refractivity contribution in [3.63, 3.8) is 0 Å². The van der Waals surface area contributed by atoms with Gasteiger partial charge < -0.3 is 0 Å². The number of halogens is 1. The van der Waals surface area contributed by atoms with E-state index in [1.807, 2.05) is 29.8 Å². The first kappa shape index (κ1) is 15.2. The summed E-state index contributed by atoms with van der Waals surface area (Å²) in [6, 6.07) is 13.1. The van der Waals surface area contributed by atoms with Gasteiger partial charge in [-0.25, -0.2) is 0 Å². The Balaban J connectivity index is 0.00000144. The number of fused-ring (bicyclic) bond motifs is 1. The molecule has 1 nitrogen and oxygen atoms in total. The lowest BCUT2D eigenvalue weighted by molar-refractivity contribution is 1.33.